The Bertz CT molecular complexity index is 295. The fourth-order valence-electron chi connectivity index (χ4n) is 3.56. The average Bonchev–Trinajstić information content (AvgIpc) is 2.57. The van der Waals surface area contributed by atoms with Gasteiger partial charge in [0.2, 0.25) is 0 Å². The van der Waals surface area contributed by atoms with Gasteiger partial charge in [0.05, 0.1) is 19.3 Å². The van der Waals surface area contributed by atoms with Crippen LogP contribution in [0.5, 0.6) is 0 Å². The minimum atomic E-state index is -1.66. The van der Waals surface area contributed by atoms with Crippen LogP contribution in [0, 0.1) is 11.8 Å². The second-order valence-electron chi connectivity index (χ2n) is 7.05. The van der Waals surface area contributed by atoms with Gasteiger partial charge < -0.3 is 19.0 Å². The molecule has 3 atom stereocenters. The molecular formula is C18H38O4Si. The van der Waals surface area contributed by atoms with E-state index in [4.69, 9.17) is 13.9 Å². The summed E-state index contributed by atoms with van der Waals surface area (Å²) < 4.78 is 18.3. The second-order valence-corrected chi connectivity index (χ2v) is 11.8. The lowest BCUT2D eigenvalue weighted by molar-refractivity contribution is -0.190. The van der Waals surface area contributed by atoms with Crippen LogP contribution in [0.3, 0.4) is 0 Å². The molecule has 1 aliphatic rings. The van der Waals surface area contributed by atoms with E-state index in [2.05, 4.69) is 34.6 Å². The van der Waals surface area contributed by atoms with Gasteiger partial charge in [0, 0.05) is 13.0 Å². The van der Waals surface area contributed by atoms with Crippen molar-refractivity contribution < 1.29 is 19.0 Å². The number of aliphatic hydroxyl groups excluding tert-OH is 1. The molecule has 4 nitrogen and oxygen atoms in total. The molecule has 1 saturated heterocycles. The Kier molecular flexibility index (Phi) is 9.93. The first-order valence-electron chi connectivity index (χ1n) is 9.53. The first-order valence-corrected chi connectivity index (χ1v) is 12.1. The molecule has 1 N–H and O–H groups in total. The lowest BCUT2D eigenvalue weighted by Crippen LogP contribution is -2.45. The molecule has 0 radical (unpaired) electrons. The molecule has 1 heterocycles. The summed E-state index contributed by atoms with van der Waals surface area (Å²) in [5.74, 6) is 0.728. The van der Waals surface area contributed by atoms with Crippen LogP contribution in [0.1, 0.15) is 53.9 Å². The van der Waals surface area contributed by atoms with Gasteiger partial charge in [-0.2, -0.15) is 0 Å². The molecule has 0 saturated carbocycles. The highest BCUT2D eigenvalue weighted by Crippen LogP contribution is 2.32. The van der Waals surface area contributed by atoms with Gasteiger partial charge in [-0.1, -0.05) is 34.6 Å². The Hall–Kier alpha value is 0.0569. The number of ether oxygens (including phenoxy) is 2. The normalized spacial score (nSPS) is 21.1. The molecular weight excluding hydrogens is 308 g/mol. The van der Waals surface area contributed by atoms with E-state index in [1.165, 1.54) is 0 Å². The molecule has 138 valence electrons. The van der Waals surface area contributed by atoms with Gasteiger partial charge in [0.1, 0.15) is 0 Å². The van der Waals surface area contributed by atoms with E-state index in [-0.39, 0.29) is 19.0 Å². The largest absolute Gasteiger partial charge is 0.413 e. The zero-order valence-electron chi connectivity index (χ0n) is 15.8. The minimum absolute atomic E-state index is 0.0906. The van der Waals surface area contributed by atoms with Gasteiger partial charge in [-0.15, -0.1) is 0 Å². The van der Waals surface area contributed by atoms with Gasteiger partial charge >= 0.3 is 0 Å². The van der Waals surface area contributed by atoms with E-state index < -0.39 is 8.32 Å². The van der Waals surface area contributed by atoms with Crippen molar-refractivity contribution in [1.82, 2.24) is 0 Å². The molecule has 0 aliphatic carbocycles. The summed E-state index contributed by atoms with van der Waals surface area (Å²) in [5, 5.41) is 9.37. The van der Waals surface area contributed by atoms with Crippen molar-refractivity contribution in [3.8, 4) is 0 Å². The van der Waals surface area contributed by atoms with Crippen LogP contribution >= 0.6 is 0 Å². The predicted molar refractivity (Wildman–Crippen MR) is 97.0 cm³/mol. The summed E-state index contributed by atoms with van der Waals surface area (Å²) in [5.41, 5.74) is 0. The number of hydrogen-bond donors (Lipinski definition) is 1. The number of aliphatic hydroxyl groups is 1. The summed E-state index contributed by atoms with van der Waals surface area (Å²) in [6.07, 6.45) is 2.75. The minimum Gasteiger partial charge on any atom is -0.413 e. The first-order chi connectivity index (χ1) is 11.0. The predicted octanol–water partition coefficient (Wildman–Crippen LogP) is 4.18. The number of rotatable bonds is 11. The molecule has 0 spiro atoms. The van der Waals surface area contributed by atoms with Crippen molar-refractivity contribution in [2.24, 2.45) is 11.8 Å². The smallest absolute Gasteiger partial charge is 0.192 e. The molecule has 1 aliphatic heterocycles. The van der Waals surface area contributed by atoms with Crippen molar-refractivity contribution in [1.29, 1.82) is 0 Å². The average molecular weight is 347 g/mol. The highest BCUT2D eigenvalue weighted by Gasteiger charge is 2.37. The SMILES string of the molecule is CC[Si](CC)(CC)O[C@@H]([C@H](C)CCO)[C@@H](C)CC1OCCCO1. The zero-order valence-corrected chi connectivity index (χ0v) is 16.8. The van der Waals surface area contributed by atoms with Crippen molar-refractivity contribution in [2.45, 2.75) is 84.4 Å². The maximum absolute atomic E-state index is 9.37. The van der Waals surface area contributed by atoms with Gasteiger partial charge in [-0.25, -0.2) is 0 Å². The molecule has 0 aromatic rings. The standard InChI is InChI=1S/C18H38O4Si/c1-6-23(7-2,8-3)22-18(15(4)10-11-19)16(5)14-17-20-12-9-13-21-17/h15-19H,6-14H2,1-5H3/t15-,16+,18+/m1/s1. The Morgan fingerprint density at radius 2 is 1.61 bits per heavy atom. The van der Waals surface area contributed by atoms with E-state index in [1.54, 1.807) is 0 Å². The van der Waals surface area contributed by atoms with Crippen LogP contribution < -0.4 is 0 Å². The first kappa shape index (κ1) is 21.1. The van der Waals surface area contributed by atoms with Crippen LogP contribution in [0.4, 0.5) is 0 Å². The highest BCUT2D eigenvalue weighted by molar-refractivity contribution is 6.73. The third-order valence-corrected chi connectivity index (χ3v) is 10.1. The van der Waals surface area contributed by atoms with Gasteiger partial charge in [0.25, 0.3) is 0 Å². The summed E-state index contributed by atoms with van der Waals surface area (Å²) >= 11 is 0. The summed E-state index contributed by atoms with van der Waals surface area (Å²) in [7, 11) is -1.66. The van der Waals surface area contributed by atoms with E-state index in [0.29, 0.717) is 11.8 Å². The van der Waals surface area contributed by atoms with Crippen LogP contribution in [0.25, 0.3) is 0 Å². The Balaban J connectivity index is 2.76. The summed E-state index contributed by atoms with van der Waals surface area (Å²) in [6, 6.07) is 3.47. The third-order valence-electron chi connectivity index (χ3n) is 5.49. The van der Waals surface area contributed by atoms with E-state index >= 15 is 0 Å². The summed E-state index contributed by atoms with van der Waals surface area (Å²) in [4.78, 5) is 0. The van der Waals surface area contributed by atoms with Crippen LogP contribution in [0.15, 0.2) is 0 Å². The van der Waals surface area contributed by atoms with Crippen molar-refractivity contribution in [3.63, 3.8) is 0 Å². The molecule has 0 unspecified atom stereocenters. The molecule has 0 bridgehead atoms. The van der Waals surface area contributed by atoms with Gasteiger partial charge in [-0.3, -0.25) is 0 Å². The quantitative estimate of drug-likeness (QED) is 0.570. The van der Waals surface area contributed by atoms with Crippen LogP contribution in [-0.2, 0) is 13.9 Å². The molecule has 0 aromatic carbocycles. The Morgan fingerprint density at radius 1 is 1.04 bits per heavy atom. The summed E-state index contributed by atoms with van der Waals surface area (Å²) in [6.45, 7) is 13.1. The zero-order chi connectivity index (χ0) is 17.3. The lowest BCUT2D eigenvalue weighted by atomic mass is 9.89. The third kappa shape index (κ3) is 6.46. The van der Waals surface area contributed by atoms with E-state index in [0.717, 1.165) is 50.6 Å². The Morgan fingerprint density at radius 3 is 2.09 bits per heavy atom. The van der Waals surface area contributed by atoms with Gasteiger partial charge in [0.15, 0.2) is 14.6 Å². The fraction of sp³-hybridized carbons (Fsp3) is 1.00. The monoisotopic (exact) mass is 346 g/mol. The highest BCUT2D eigenvalue weighted by atomic mass is 28.4. The molecule has 0 aromatic heterocycles. The number of hydrogen-bond acceptors (Lipinski definition) is 4. The van der Waals surface area contributed by atoms with Crippen LogP contribution in [-0.4, -0.2) is 45.6 Å². The maximum atomic E-state index is 9.37. The second kappa shape index (κ2) is 10.8. The molecule has 1 rings (SSSR count). The lowest BCUT2D eigenvalue weighted by Gasteiger charge is -2.40. The molecule has 5 heteroatoms. The molecule has 0 amide bonds. The molecule has 23 heavy (non-hydrogen) atoms. The topological polar surface area (TPSA) is 47.9 Å². The van der Waals surface area contributed by atoms with Crippen molar-refractivity contribution in [3.05, 3.63) is 0 Å². The van der Waals surface area contributed by atoms with E-state index in [9.17, 15) is 5.11 Å². The van der Waals surface area contributed by atoms with E-state index in [1.807, 2.05) is 0 Å². The van der Waals surface area contributed by atoms with Crippen molar-refractivity contribution in [2.75, 3.05) is 19.8 Å². The molecule has 1 fully saturated rings. The fourth-order valence-corrected chi connectivity index (χ4v) is 6.60. The van der Waals surface area contributed by atoms with Crippen molar-refractivity contribution >= 4 is 8.32 Å². The Labute approximate surface area is 144 Å². The maximum Gasteiger partial charge on any atom is 0.192 e. The van der Waals surface area contributed by atoms with Gasteiger partial charge in [-0.05, 0) is 42.8 Å². The van der Waals surface area contributed by atoms with Crippen LogP contribution in [0.2, 0.25) is 18.1 Å².